The average molecular weight is 312 g/mol. The molecule has 0 spiro atoms. The van der Waals surface area contributed by atoms with E-state index < -0.39 is 21.9 Å². The Morgan fingerprint density at radius 2 is 1.60 bits per heavy atom. The van der Waals surface area contributed by atoms with Crippen molar-refractivity contribution in [3.8, 4) is 5.75 Å². The van der Waals surface area contributed by atoms with Gasteiger partial charge in [-0.3, -0.25) is 0 Å². The van der Waals surface area contributed by atoms with Gasteiger partial charge in [-0.05, 0) is 29.7 Å². The van der Waals surface area contributed by atoms with E-state index in [4.69, 9.17) is 0 Å². The molecule has 0 aliphatic heterocycles. The van der Waals surface area contributed by atoms with Gasteiger partial charge in [0.2, 0.25) is 0 Å². The SMILES string of the molecule is CC.CC(C)c1cc(OC(F)(F)F)cc(S(C)(=O)=O)c1. The van der Waals surface area contributed by atoms with Gasteiger partial charge in [0.15, 0.2) is 9.84 Å². The predicted molar refractivity (Wildman–Crippen MR) is 71.7 cm³/mol. The van der Waals surface area contributed by atoms with Crippen LogP contribution in [0.25, 0.3) is 0 Å². The first-order chi connectivity index (χ1) is 8.99. The lowest BCUT2D eigenvalue weighted by Crippen LogP contribution is -2.17. The second-order valence-corrected chi connectivity index (χ2v) is 6.23. The first-order valence-electron chi connectivity index (χ1n) is 6.10. The molecule has 0 saturated heterocycles. The topological polar surface area (TPSA) is 43.4 Å². The number of rotatable bonds is 3. The normalized spacial score (nSPS) is 11.8. The summed E-state index contributed by atoms with van der Waals surface area (Å²) in [4.78, 5) is -0.187. The van der Waals surface area contributed by atoms with Gasteiger partial charge >= 0.3 is 6.36 Å². The number of benzene rings is 1. The summed E-state index contributed by atoms with van der Waals surface area (Å²) in [5, 5.41) is 0. The molecule has 0 heterocycles. The molecule has 0 unspecified atom stereocenters. The highest BCUT2D eigenvalue weighted by Gasteiger charge is 2.31. The molecule has 0 amide bonds. The highest BCUT2D eigenvalue weighted by molar-refractivity contribution is 7.90. The van der Waals surface area contributed by atoms with Gasteiger partial charge in [-0.15, -0.1) is 13.2 Å². The molecule has 0 aromatic heterocycles. The van der Waals surface area contributed by atoms with Gasteiger partial charge in [0.05, 0.1) is 4.90 Å². The zero-order valence-corrected chi connectivity index (χ0v) is 12.9. The number of hydrogen-bond donors (Lipinski definition) is 0. The van der Waals surface area contributed by atoms with Gasteiger partial charge in [0.25, 0.3) is 0 Å². The van der Waals surface area contributed by atoms with Gasteiger partial charge in [0.1, 0.15) is 5.75 Å². The van der Waals surface area contributed by atoms with E-state index in [1.54, 1.807) is 13.8 Å². The van der Waals surface area contributed by atoms with E-state index in [0.29, 0.717) is 5.56 Å². The van der Waals surface area contributed by atoms with E-state index in [1.807, 2.05) is 13.8 Å². The van der Waals surface area contributed by atoms with Crippen molar-refractivity contribution in [2.45, 2.75) is 44.9 Å². The van der Waals surface area contributed by atoms with Gasteiger partial charge in [0, 0.05) is 6.26 Å². The van der Waals surface area contributed by atoms with Gasteiger partial charge in [-0.25, -0.2) is 8.42 Å². The summed E-state index contributed by atoms with van der Waals surface area (Å²) < 4.78 is 62.9. The summed E-state index contributed by atoms with van der Waals surface area (Å²) >= 11 is 0. The molecule has 20 heavy (non-hydrogen) atoms. The first-order valence-corrected chi connectivity index (χ1v) is 7.99. The van der Waals surface area contributed by atoms with Crippen LogP contribution in [0.2, 0.25) is 0 Å². The minimum absolute atomic E-state index is 0.109. The van der Waals surface area contributed by atoms with Crippen molar-refractivity contribution >= 4 is 9.84 Å². The van der Waals surface area contributed by atoms with E-state index in [-0.39, 0.29) is 10.8 Å². The first kappa shape index (κ1) is 18.8. The predicted octanol–water partition coefficient (Wildman–Crippen LogP) is 4.14. The molecular formula is C13H19F3O3S. The van der Waals surface area contributed by atoms with Crippen molar-refractivity contribution in [3.05, 3.63) is 23.8 Å². The van der Waals surface area contributed by atoms with Crippen molar-refractivity contribution in [1.29, 1.82) is 0 Å². The zero-order valence-electron chi connectivity index (χ0n) is 12.1. The molecule has 0 radical (unpaired) electrons. The number of hydrogen-bond acceptors (Lipinski definition) is 3. The Balaban J connectivity index is 0.00000172. The van der Waals surface area contributed by atoms with E-state index >= 15 is 0 Å². The van der Waals surface area contributed by atoms with Crippen LogP contribution in [0.15, 0.2) is 23.1 Å². The van der Waals surface area contributed by atoms with Crippen LogP contribution in [-0.4, -0.2) is 21.0 Å². The summed E-state index contributed by atoms with van der Waals surface area (Å²) in [5.41, 5.74) is 0.470. The summed E-state index contributed by atoms with van der Waals surface area (Å²) in [6, 6.07) is 3.41. The second-order valence-electron chi connectivity index (χ2n) is 4.21. The molecule has 0 aliphatic carbocycles. The van der Waals surface area contributed by atoms with Crippen LogP contribution in [-0.2, 0) is 9.84 Å². The Morgan fingerprint density at radius 3 is 1.95 bits per heavy atom. The van der Waals surface area contributed by atoms with E-state index in [2.05, 4.69) is 4.74 Å². The standard InChI is InChI=1S/C11H13F3O3S.C2H6/c1-7(2)8-4-9(17-11(12,13)14)6-10(5-8)18(3,15)16;1-2/h4-7H,1-3H3;1-2H3. The number of halogens is 3. The van der Waals surface area contributed by atoms with Crippen molar-refractivity contribution in [3.63, 3.8) is 0 Å². The molecule has 1 rings (SSSR count). The van der Waals surface area contributed by atoms with Crippen LogP contribution < -0.4 is 4.74 Å². The van der Waals surface area contributed by atoms with E-state index in [1.165, 1.54) is 12.1 Å². The van der Waals surface area contributed by atoms with E-state index in [9.17, 15) is 21.6 Å². The maximum absolute atomic E-state index is 12.1. The Hall–Kier alpha value is -1.24. The van der Waals surface area contributed by atoms with Crippen LogP contribution >= 0.6 is 0 Å². The molecule has 3 nitrogen and oxygen atoms in total. The third kappa shape index (κ3) is 6.27. The third-order valence-corrected chi connectivity index (χ3v) is 3.32. The Labute approximate surface area is 117 Å². The van der Waals surface area contributed by atoms with Crippen molar-refractivity contribution < 1.29 is 26.3 Å². The number of ether oxygens (including phenoxy) is 1. The molecule has 0 fully saturated rings. The van der Waals surface area contributed by atoms with Crippen LogP contribution in [0, 0.1) is 0 Å². The number of alkyl halides is 3. The minimum atomic E-state index is -4.84. The lowest BCUT2D eigenvalue weighted by molar-refractivity contribution is -0.274. The fourth-order valence-corrected chi connectivity index (χ4v) is 2.01. The van der Waals surface area contributed by atoms with Gasteiger partial charge < -0.3 is 4.74 Å². The van der Waals surface area contributed by atoms with Crippen LogP contribution in [0.3, 0.4) is 0 Å². The Kier molecular flexibility index (Phi) is 6.53. The minimum Gasteiger partial charge on any atom is -0.406 e. The fraction of sp³-hybridized carbons (Fsp3) is 0.538. The summed E-state index contributed by atoms with van der Waals surface area (Å²) in [6.07, 6.45) is -3.91. The fourth-order valence-electron chi connectivity index (χ4n) is 1.33. The molecule has 1 aromatic carbocycles. The van der Waals surface area contributed by atoms with Crippen molar-refractivity contribution in [2.24, 2.45) is 0 Å². The highest BCUT2D eigenvalue weighted by atomic mass is 32.2. The Bertz CT molecular complexity index is 534. The smallest absolute Gasteiger partial charge is 0.406 e. The lowest BCUT2D eigenvalue weighted by atomic mass is 10.0. The third-order valence-electron chi connectivity index (χ3n) is 2.23. The summed E-state index contributed by atoms with van der Waals surface area (Å²) in [6.45, 7) is 7.50. The van der Waals surface area contributed by atoms with Crippen LogP contribution in [0.1, 0.15) is 39.2 Å². The van der Waals surface area contributed by atoms with Crippen molar-refractivity contribution in [1.82, 2.24) is 0 Å². The molecule has 1 aromatic rings. The van der Waals surface area contributed by atoms with Crippen LogP contribution in [0.5, 0.6) is 5.75 Å². The molecule has 0 N–H and O–H groups in total. The highest BCUT2D eigenvalue weighted by Crippen LogP contribution is 2.29. The quantitative estimate of drug-likeness (QED) is 0.842. The number of sulfone groups is 1. The molecule has 0 bridgehead atoms. The Morgan fingerprint density at radius 1 is 1.10 bits per heavy atom. The molecule has 0 saturated carbocycles. The maximum Gasteiger partial charge on any atom is 0.573 e. The lowest BCUT2D eigenvalue weighted by Gasteiger charge is -2.13. The summed E-state index contributed by atoms with van der Waals surface area (Å²) in [5.74, 6) is -0.628. The average Bonchev–Trinajstić information content (AvgIpc) is 2.27. The monoisotopic (exact) mass is 312 g/mol. The van der Waals surface area contributed by atoms with Gasteiger partial charge in [-0.1, -0.05) is 27.7 Å². The second kappa shape index (κ2) is 6.97. The van der Waals surface area contributed by atoms with E-state index in [0.717, 1.165) is 12.3 Å². The molecule has 116 valence electrons. The van der Waals surface area contributed by atoms with Crippen molar-refractivity contribution in [2.75, 3.05) is 6.26 Å². The van der Waals surface area contributed by atoms with Crippen LogP contribution in [0.4, 0.5) is 13.2 Å². The van der Waals surface area contributed by atoms with Gasteiger partial charge in [-0.2, -0.15) is 0 Å². The maximum atomic E-state index is 12.1. The molecular weight excluding hydrogens is 293 g/mol. The molecule has 0 atom stereocenters. The molecule has 0 aliphatic rings. The largest absolute Gasteiger partial charge is 0.573 e. The zero-order chi connectivity index (χ0) is 16.1. The summed E-state index contributed by atoms with van der Waals surface area (Å²) in [7, 11) is -3.58. The molecule has 7 heteroatoms.